The molecule has 116 valence electrons. The number of hydrogen-bond donors (Lipinski definition) is 1. The average molecular weight is 301 g/mol. The first kappa shape index (κ1) is 14.5. The second-order valence-corrected chi connectivity index (χ2v) is 4.96. The number of aromatic nitrogens is 3. The zero-order valence-corrected chi connectivity index (χ0v) is 12.7. The van der Waals surface area contributed by atoms with Gasteiger partial charge in [-0.1, -0.05) is 0 Å². The molecule has 1 N–H and O–H groups in total. The third-order valence-electron chi connectivity index (χ3n) is 3.45. The van der Waals surface area contributed by atoms with Gasteiger partial charge in [0.25, 0.3) is 0 Å². The average Bonchev–Trinajstić information content (AvgIpc) is 2.56. The molecule has 0 saturated carbocycles. The number of methoxy groups -OCH3 is 1. The summed E-state index contributed by atoms with van der Waals surface area (Å²) in [6.07, 6.45) is 3.47. The van der Waals surface area contributed by atoms with Gasteiger partial charge in [-0.2, -0.15) is 4.98 Å². The van der Waals surface area contributed by atoms with E-state index in [4.69, 9.17) is 9.47 Å². The van der Waals surface area contributed by atoms with Gasteiger partial charge in [-0.25, -0.2) is 4.98 Å². The Morgan fingerprint density at radius 2 is 2.09 bits per heavy atom. The summed E-state index contributed by atoms with van der Waals surface area (Å²) in [4.78, 5) is 15.4. The number of nitrogens with one attached hydrogen (secondary N) is 1. The standard InChI is InChI=1S/C15H19N5O2/c1-11-13(21-2)14(18-12-4-3-5-16-10-12)19-15(17-11)20-6-8-22-9-7-20/h3-5,10H,6-9H2,1-2H3,(H,17,18,19). The van der Waals surface area contributed by atoms with Crippen molar-refractivity contribution in [1.29, 1.82) is 0 Å². The summed E-state index contributed by atoms with van der Waals surface area (Å²) < 4.78 is 10.8. The van der Waals surface area contributed by atoms with Crippen molar-refractivity contribution in [3.05, 3.63) is 30.2 Å². The van der Waals surface area contributed by atoms with Crippen LogP contribution in [0.25, 0.3) is 0 Å². The molecule has 3 rings (SSSR count). The second-order valence-electron chi connectivity index (χ2n) is 4.96. The van der Waals surface area contributed by atoms with Gasteiger partial charge < -0.3 is 19.7 Å². The molecule has 1 fully saturated rings. The molecule has 2 aromatic rings. The molecule has 0 aromatic carbocycles. The van der Waals surface area contributed by atoms with E-state index in [1.165, 1.54) is 0 Å². The molecule has 0 radical (unpaired) electrons. The highest BCUT2D eigenvalue weighted by Crippen LogP contribution is 2.30. The predicted molar refractivity (Wildman–Crippen MR) is 83.9 cm³/mol. The maximum absolute atomic E-state index is 5.44. The Hall–Kier alpha value is -2.41. The van der Waals surface area contributed by atoms with Crippen LogP contribution in [0.4, 0.5) is 17.5 Å². The topological polar surface area (TPSA) is 72.4 Å². The molecule has 7 heteroatoms. The van der Waals surface area contributed by atoms with Crippen molar-refractivity contribution in [2.24, 2.45) is 0 Å². The highest BCUT2D eigenvalue weighted by Gasteiger charge is 2.18. The Bertz CT molecular complexity index is 629. The molecule has 1 saturated heterocycles. The summed E-state index contributed by atoms with van der Waals surface area (Å²) in [7, 11) is 1.62. The summed E-state index contributed by atoms with van der Waals surface area (Å²) in [5.41, 5.74) is 1.65. The number of ether oxygens (including phenoxy) is 2. The lowest BCUT2D eigenvalue weighted by molar-refractivity contribution is 0.122. The van der Waals surface area contributed by atoms with Crippen LogP contribution in [-0.4, -0.2) is 48.4 Å². The Balaban J connectivity index is 1.93. The van der Waals surface area contributed by atoms with Crippen molar-refractivity contribution in [2.45, 2.75) is 6.92 Å². The lowest BCUT2D eigenvalue weighted by Gasteiger charge is -2.27. The van der Waals surface area contributed by atoms with E-state index in [0.717, 1.165) is 24.5 Å². The molecule has 0 unspecified atom stereocenters. The molecular weight excluding hydrogens is 282 g/mol. The molecule has 0 spiro atoms. The highest BCUT2D eigenvalue weighted by molar-refractivity contribution is 5.64. The number of pyridine rings is 1. The van der Waals surface area contributed by atoms with Crippen LogP contribution in [0.15, 0.2) is 24.5 Å². The monoisotopic (exact) mass is 301 g/mol. The summed E-state index contributed by atoms with van der Waals surface area (Å²) in [5.74, 6) is 1.97. The van der Waals surface area contributed by atoms with Crippen LogP contribution in [0.2, 0.25) is 0 Å². The Morgan fingerprint density at radius 1 is 1.27 bits per heavy atom. The Kier molecular flexibility index (Phi) is 4.34. The first-order valence-electron chi connectivity index (χ1n) is 7.20. The predicted octanol–water partition coefficient (Wildman–Crippen LogP) is 1.77. The van der Waals surface area contributed by atoms with Gasteiger partial charge in [-0.05, 0) is 19.1 Å². The normalized spacial score (nSPS) is 14.7. The van der Waals surface area contributed by atoms with Gasteiger partial charge in [0.05, 0.1) is 37.9 Å². The minimum absolute atomic E-state index is 0.640. The first-order chi connectivity index (χ1) is 10.8. The molecule has 0 bridgehead atoms. The zero-order valence-electron chi connectivity index (χ0n) is 12.7. The van der Waals surface area contributed by atoms with Crippen molar-refractivity contribution in [2.75, 3.05) is 43.6 Å². The molecule has 0 atom stereocenters. The van der Waals surface area contributed by atoms with Crippen LogP contribution >= 0.6 is 0 Å². The van der Waals surface area contributed by atoms with Crippen molar-refractivity contribution in [3.63, 3.8) is 0 Å². The van der Waals surface area contributed by atoms with Crippen LogP contribution in [0, 0.1) is 6.92 Å². The lowest BCUT2D eigenvalue weighted by atomic mass is 10.3. The summed E-state index contributed by atoms with van der Waals surface area (Å²) in [6.45, 7) is 4.88. The van der Waals surface area contributed by atoms with Crippen molar-refractivity contribution >= 4 is 17.5 Å². The van der Waals surface area contributed by atoms with Gasteiger partial charge in [-0.3, -0.25) is 4.98 Å². The molecule has 0 aliphatic carbocycles. The van der Waals surface area contributed by atoms with Crippen LogP contribution in [0.5, 0.6) is 5.75 Å². The van der Waals surface area contributed by atoms with Gasteiger partial charge in [0.15, 0.2) is 11.6 Å². The number of hydrogen-bond acceptors (Lipinski definition) is 7. The van der Waals surface area contributed by atoms with Gasteiger partial charge in [0.2, 0.25) is 5.95 Å². The molecule has 7 nitrogen and oxygen atoms in total. The Labute approximate surface area is 129 Å². The van der Waals surface area contributed by atoms with E-state index in [1.807, 2.05) is 19.1 Å². The molecular formula is C15H19N5O2. The molecule has 3 heterocycles. The van der Waals surface area contributed by atoms with E-state index in [1.54, 1.807) is 19.5 Å². The minimum Gasteiger partial charge on any atom is -0.491 e. The highest BCUT2D eigenvalue weighted by atomic mass is 16.5. The number of anilines is 3. The third-order valence-corrected chi connectivity index (χ3v) is 3.45. The number of rotatable bonds is 4. The first-order valence-corrected chi connectivity index (χ1v) is 7.20. The minimum atomic E-state index is 0.640. The van der Waals surface area contributed by atoms with Crippen molar-refractivity contribution in [1.82, 2.24) is 15.0 Å². The molecule has 0 amide bonds. The molecule has 2 aromatic heterocycles. The summed E-state index contributed by atoms with van der Waals surface area (Å²) in [6, 6.07) is 3.80. The number of nitrogens with zero attached hydrogens (tertiary/aromatic N) is 4. The van der Waals surface area contributed by atoms with E-state index in [0.29, 0.717) is 30.7 Å². The van der Waals surface area contributed by atoms with Gasteiger partial charge in [0, 0.05) is 19.3 Å². The van der Waals surface area contributed by atoms with E-state index >= 15 is 0 Å². The Morgan fingerprint density at radius 3 is 2.77 bits per heavy atom. The van der Waals surface area contributed by atoms with Crippen LogP contribution in [0.3, 0.4) is 0 Å². The van der Waals surface area contributed by atoms with Crippen molar-refractivity contribution < 1.29 is 9.47 Å². The molecule has 1 aliphatic rings. The van der Waals surface area contributed by atoms with E-state index in [2.05, 4.69) is 25.2 Å². The van der Waals surface area contributed by atoms with Gasteiger partial charge in [-0.15, -0.1) is 0 Å². The van der Waals surface area contributed by atoms with Gasteiger partial charge in [0.1, 0.15) is 0 Å². The SMILES string of the molecule is COc1c(C)nc(N2CCOCC2)nc1Nc1cccnc1. The van der Waals surface area contributed by atoms with Crippen molar-refractivity contribution in [3.8, 4) is 5.75 Å². The summed E-state index contributed by atoms with van der Waals surface area (Å²) in [5, 5.41) is 3.25. The second kappa shape index (κ2) is 6.57. The number of aryl methyl sites for hydroxylation is 1. The van der Waals surface area contributed by atoms with Crippen LogP contribution in [0.1, 0.15) is 5.69 Å². The van der Waals surface area contributed by atoms with Crippen LogP contribution < -0.4 is 15.0 Å². The largest absolute Gasteiger partial charge is 0.491 e. The maximum Gasteiger partial charge on any atom is 0.227 e. The fraction of sp³-hybridized carbons (Fsp3) is 0.400. The lowest BCUT2D eigenvalue weighted by Crippen LogP contribution is -2.37. The summed E-state index contributed by atoms with van der Waals surface area (Å²) >= 11 is 0. The van der Waals surface area contributed by atoms with E-state index < -0.39 is 0 Å². The van der Waals surface area contributed by atoms with E-state index in [9.17, 15) is 0 Å². The number of morpholine rings is 1. The van der Waals surface area contributed by atoms with Crippen LogP contribution in [-0.2, 0) is 4.74 Å². The fourth-order valence-corrected chi connectivity index (χ4v) is 2.36. The maximum atomic E-state index is 5.44. The molecule has 22 heavy (non-hydrogen) atoms. The molecule has 1 aliphatic heterocycles. The zero-order chi connectivity index (χ0) is 15.4. The fourth-order valence-electron chi connectivity index (χ4n) is 2.36. The van der Waals surface area contributed by atoms with Gasteiger partial charge >= 0.3 is 0 Å². The smallest absolute Gasteiger partial charge is 0.227 e. The third kappa shape index (κ3) is 3.09. The quantitative estimate of drug-likeness (QED) is 0.922. The van der Waals surface area contributed by atoms with E-state index in [-0.39, 0.29) is 0 Å².